The molecule has 312 valence electrons. The Kier molecular flexibility index (Phi) is 15.6. The number of nitrogens with one attached hydrogen (secondary N) is 2. The second kappa shape index (κ2) is 20.1. The summed E-state index contributed by atoms with van der Waals surface area (Å²) in [5.41, 5.74) is 0.311. The van der Waals surface area contributed by atoms with Crippen LogP contribution < -0.4 is 10.6 Å². The number of ether oxygens (including phenoxy) is 5. The first-order chi connectivity index (χ1) is 26.8. The summed E-state index contributed by atoms with van der Waals surface area (Å²) in [6, 6.07) is 5.45. The maximum atomic E-state index is 14.3. The van der Waals surface area contributed by atoms with Gasteiger partial charge in [-0.2, -0.15) is 0 Å². The van der Waals surface area contributed by atoms with E-state index in [9.17, 15) is 23.6 Å². The van der Waals surface area contributed by atoms with Gasteiger partial charge in [0, 0.05) is 50.8 Å². The predicted molar refractivity (Wildman–Crippen MR) is 208 cm³/mol. The van der Waals surface area contributed by atoms with E-state index in [4.69, 9.17) is 28.1 Å². The van der Waals surface area contributed by atoms with Gasteiger partial charge >= 0.3 is 12.1 Å². The van der Waals surface area contributed by atoms with Crippen LogP contribution >= 0.6 is 0 Å². The van der Waals surface area contributed by atoms with Crippen LogP contribution in [0.1, 0.15) is 102 Å². The molecule has 2 saturated carbocycles. The van der Waals surface area contributed by atoms with Crippen molar-refractivity contribution in [2.24, 2.45) is 23.7 Å². The molecule has 4 atom stereocenters. The summed E-state index contributed by atoms with van der Waals surface area (Å²) < 4.78 is 46.9. The van der Waals surface area contributed by atoms with Crippen LogP contribution in [-0.2, 0) is 33.3 Å². The number of amides is 3. The summed E-state index contributed by atoms with van der Waals surface area (Å²) in [5.74, 6) is -0.950. The number of hydrogen-bond donors (Lipinski definition) is 2. The highest BCUT2D eigenvalue weighted by molar-refractivity contribution is 6.00. The summed E-state index contributed by atoms with van der Waals surface area (Å²) in [7, 11) is 3.36. The number of furan rings is 1. The van der Waals surface area contributed by atoms with Gasteiger partial charge in [0.05, 0.1) is 31.5 Å². The quantitative estimate of drug-likeness (QED) is 0.134. The van der Waals surface area contributed by atoms with E-state index in [0.29, 0.717) is 68.5 Å². The Morgan fingerprint density at radius 3 is 2.36 bits per heavy atom. The van der Waals surface area contributed by atoms with Gasteiger partial charge in [0.2, 0.25) is 17.6 Å². The van der Waals surface area contributed by atoms with Gasteiger partial charge in [-0.3, -0.25) is 9.59 Å². The molecular formula is C42H62FN3O10. The second-order valence-corrected chi connectivity index (χ2v) is 16.7. The van der Waals surface area contributed by atoms with E-state index in [1.165, 1.54) is 0 Å². The maximum Gasteiger partial charge on any atom is 0.407 e. The molecule has 2 aliphatic carbocycles. The Balaban J connectivity index is 1.23. The zero-order chi connectivity index (χ0) is 40.4. The SMILES string of the molecule is COC(C)COCCCOC(=O)c1cc2cc(NC(=O)[C@@H]3[C@H](C4CCC(OC)CC4)CCN3C(=O)[C@H]3CC[C@H]([C@@H](CF)NC(=O)OC(C)(C)C)CC3)ccc2o1. The van der Waals surface area contributed by atoms with E-state index in [0.717, 1.165) is 32.1 Å². The number of esters is 1. The van der Waals surface area contributed by atoms with E-state index >= 15 is 0 Å². The van der Waals surface area contributed by atoms with Gasteiger partial charge in [0.25, 0.3) is 0 Å². The standard InChI is InChI=1S/C42H62FN3O10/c1-26(51-5)25-53-20-7-21-54-40(49)36-23-30-22-31(14-17-35(30)55-36)44-38(47)37-33(27-12-15-32(52-6)16-13-27)18-19-46(37)39(48)29-10-8-28(9-11-29)34(24-43)45-41(50)56-42(2,3)4/h14,17,22-23,26-29,32-34,37H,7-13,15-16,18-21,24-25H2,1-6H3,(H,44,47)(H,45,50)/t26?,27?,28-,29-,32?,33-,34+,37-/m0/s1. The molecule has 0 bridgehead atoms. The third-order valence-electron chi connectivity index (χ3n) is 11.6. The van der Waals surface area contributed by atoms with Crippen LogP contribution in [0.15, 0.2) is 28.7 Å². The highest BCUT2D eigenvalue weighted by Gasteiger charge is 2.47. The zero-order valence-electron chi connectivity index (χ0n) is 33.9. The number of likely N-dealkylation sites (tertiary alicyclic amines) is 1. The first-order valence-corrected chi connectivity index (χ1v) is 20.3. The van der Waals surface area contributed by atoms with Gasteiger partial charge in [0.1, 0.15) is 23.9 Å². The normalized spacial score (nSPS) is 25.4. The van der Waals surface area contributed by atoms with Gasteiger partial charge in [0.15, 0.2) is 0 Å². The molecule has 3 fully saturated rings. The average Bonchev–Trinajstić information content (AvgIpc) is 3.82. The molecule has 0 radical (unpaired) electrons. The number of alkyl carbamates (subject to hydrolysis) is 1. The van der Waals surface area contributed by atoms with Crippen molar-refractivity contribution < 1.29 is 51.7 Å². The number of fused-ring (bicyclic) bond motifs is 1. The lowest BCUT2D eigenvalue weighted by Gasteiger charge is -2.38. The van der Waals surface area contributed by atoms with Gasteiger partial charge in [-0.15, -0.1) is 0 Å². The van der Waals surface area contributed by atoms with Crippen LogP contribution in [0.4, 0.5) is 14.9 Å². The molecule has 5 rings (SSSR count). The third kappa shape index (κ3) is 11.7. The van der Waals surface area contributed by atoms with Crippen LogP contribution in [0.5, 0.6) is 0 Å². The van der Waals surface area contributed by atoms with Crippen molar-refractivity contribution in [3.8, 4) is 0 Å². The Morgan fingerprint density at radius 2 is 1.70 bits per heavy atom. The third-order valence-corrected chi connectivity index (χ3v) is 11.6. The molecule has 1 aromatic heterocycles. The van der Waals surface area contributed by atoms with Crippen molar-refractivity contribution >= 4 is 40.5 Å². The van der Waals surface area contributed by atoms with Gasteiger partial charge < -0.3 is 43.6 Å². The number of halogens is 1. The predicted octanol–water partition coefficient (Wildman–Crippen LogP) is 7.06. The van der Waals surface area contributed by atoms with Crippen LogP contribution in [0.2, 0.25) is 0 Å². The highest BCUT2D eigenvalue weighted by atomic mass is 19.1. The molecule has 1 aliphatic heterocycles. The number of carbonyl (C=O) groups excluding carboxylic acids is 4. The zero-order valence-corrected chi connectivity index (χ0v) is 33.9. The van der Waals surface area contributed by atoms with Crippen LogP contribution in [0.25, 0.3) is 11.0 Å². The summed E-state index contributed by atoms with van der Waals surface area (Å²) in [6.45, 7) is 8.02. The Hall–Kier alpha value is -3.75. The number of benzene rings is 1. The molecule has 56 heavy (non-hydrogen) atoms. The van der Waals surface area contributed by atoms with Crippen molar-refractivity contribution in [3.05, 3.63) is 30.0 Å². The average molecular weight is 788 g/mol. The fraction of sp³-hybridized carbons (Fsp3) is 0.714. The maximum absolute atomic E-state index is 14.3. The number of carbonyl (C=O) groups is 4. The monoisotopic (exact) mass is 787 g/mol. The first kappa shape index (κ1) is 43.4. The lowest BCUT2D eigenvalue weighted by atomic mass is 9.75. The minimum atomic E-state index is -0.717. The molecule has 3 aliphatic rings. The van der Waals surface area contributed by atoms with Crippen molar-refractivity contribution in [1.29, 1.82) is 0 Å². The summed E-state index contributed by atoms with van der Waals surface area (Å²) in [5, 5.41) is 6.41. The van der Waals surface area contributed by atoms with Crippen LogP contribution in [-0.4, -0.2) is 106 Å². The van der Waals surface area contributed by atoms with Crippen LogP contribution in [0.3, 0.4) is 0 Å². The molecule has 1 unspecified atom stereocenters. The van der Waals surface area contributed by atoms with Gasteiger partial charge in [-0.25, -0.2) is 14.0 Å². The number of hydrogen-bond acceptors (Lipinski definition) is 10. The molecule has 2 aromatic rings. The molecule has 3 amide bonds. The van der Waals surface area contributed by atoms with E-state index < -0.39 is 36.4 Å². The first-order valence-electron chi connectivity index (χ1n) is 20.3. The summed E-state index contributed by atoms with van der Waals surface area (Å²) in [6.07, 6.45) is 6.76. The molecule has 14 heteroatoms. The molecule has 1 aromatic carbocycles. The van der Waals surface area contributed by atoms with Crippen molar-refractivity contribution in [2.75, 3.05) is 52.6 Å². The van der Waals surface area contributed by atoms with E-state index in [2.05, 4.69) is 10.6 Å². The van der Waals surface area contributed by atoms with Gasteiger partial charge in [-0.1, -0.05) is 0 Å². The highest BCUT2D eigenvalue weighted by Crippen LogP contribution is 2.42. The number of nitrogens with zero attached hydrogens (tertiary/aromatic N) is 1. The topological polar surface area (TPSA) is 155 Å². The Morgan fingerprint density at radius 1 is 0.964 bits per heavy atom. The number of methoxy groups -OCH3 is 2. The Bertz CT molecular complexity index is 1610. The number of alkyl halides is 1. The van der Waals surface area contributed by atoms with Crippen molar-refractivity contribution in [3.63, 3.8) is 0 Å². The molecular weight excluding hydrogens is 725 g/mol. The van der Waals surface area contributed by atoms with Crippen LogP contribution in [0, 0.1) is 23.7 Å². The van der Waals surface area contributed by atoms with Crippen molar-refractivity contribution in [2.45, 2.75) is 122 Å². The smallest absolute Gasteiger partial charge is 0.407 e. The van der Waals surface area contributed by atoms with E-state index in [1.54, 1.807) is 64.2 Å². The lowest BCUT2D eigenvalue weighted by Crippen LogP contribution is -2.50. The molecule has 2 N–H and O–H groups in total. The minimum absolute atomic E-state index is 0.00477. The largest absolute Gasteiger partial charge is 0.460 e. The van der Waals surface area contributed by atoms with Crippen molar-refractivity contribution in [1.82, 2.24) is 10.2 Å². The Labute approximate surface area is 330 Å². The lowest BCUT2D eigenvalue weighted by molar-refractivity contribution is -0.142. The minimum Gasteiger partial charge on any atom is -0.460 e. The molecule has 13 nitrogen and oxygen atoms in total. The summed E-state index contributed by atoms with van der Waals surface area (Å²) in [4.78, 5) is 55.5. The van der Waals surface area contributed by atoms with E-state index in [1.807, 2.05) is 6.92 Å². The number of anilines is 1. The fourth-order valence-corrected chi connectivity index (χ4v) is 8.54. The fourth-order valence-electron chi connectivity index (χ4n) is 8.54. The van der Waals surface area contributed by atoms with E-state index in [-0.39, 0.29) is 60.1 Å². The molecule has 1 saturated heterocycles. The van der Waals surface area contributed by atoms with Gasteiger partial charge in [-0.05, 0) is 128 Å². The summed E-state index contributed by atoms with van der Waals surface area (Å²) >= 11 is 0. The number of rotatable bonds is 16. The second-order valence-electron chi connectivity index (χ2n) is 16.7. The molecule has 0 spiro atoms. The molecule has 2 heterocycles.